The number of urea groups is 1. The van der Waals surface area contributed by atoms with Gasteiger partial charge in [0.25, 0.3) is 0 Å². The third-order valence-corrected chi connectivity index (χ3v) is 5.05. The summed E-state index contributed by atoms with van der Waals surface area (Å²) in [4.78, 5) is 38.7. The quantitative estimate of drug-likeness (QED) is 0.789. The van der Waals surface area contributed by atoms with Crippen molar-refractivity contribution >= 4 is 17.6 Å². The van der Waals surface area contributed by atoms with E-state index in [0.717, 1.165) is 18.5 Å². The van der Waals surface area contributed by atoms with Gasteiger partial charge >= 0.3 is 6.03 Å². The zero-order chi connectivity index (χ0) is 19.3. The van der Waals surface area contributed by atoms with Crippen molar-refractivity contribution in [3.8, 4) is 5.88 Å². The maximum atomic E-state index is 12.8. The predicted molar refractivity (Wildman–Crippen MR) is 103 cm³/mol. The fourth-order valence-corrected chi connectivity index (χ4v) is 3.62. The SMILES string of the molecule is O=C(CN1CCN(c2ccccc2)C1=O)N1CCC[C@@H](Oc2cnccn2)C1. The molecule has 1 atom stereocenters. The Morgan fingerprint density at radius 3 is 2.79 bits per heavy atom. The molecular weight excluding hydrogens is 358 g/mol. The summed E-state index contributed by atoms with van der Waals surface area (Å²) in [6.45, 7) is 2.42. The van der Waals surface area contributed by atoms with Gasteiger partial charge in [-0.1, -0.05) is 18.2 Å². The molecule has 4 rings (SSSR count). The highest BCUT2D eigenvalue weighted by Crippen LogP contribution is 2.21. The first-order valence-electron chi connectivity index (χ1n) is 9.52. The van der Waals surface area contributed by atoms with Crippen LogP contribution in [-0.2, 0) is 4.79 Å². The summed E-state index contributed by atoms with van der Waals surface area (Å²) in [5, 5.41) is 0. The van der Waals surface area contributed by atoms with E-state index < -0.39 is 0 Å². The Hall–Kier alpha value is -3.16. The van der Waals surface area contributed by atoms with E-state index >= 15 is 0 Å². The summed E-state index contributed by atoms with van der Waals surface area (Å²) < 4.78 is 5.85. The van der Waals surface area contributed by atoms with Gasteiger partial charge in [-0.2, -0.15) is 0 Å². The molecule has 0 bridgehead atoms. The third kappa shape index (κ3) is 4.05. The number of carbonyl (C=O) groups is 2. The molecule has 146 valence electrons. The Labute approximate surface area is 163 Å². The van der Waals surface area contributed by atoms with Gasteiger partial charge in [-0.05, 0) is 25.0 Å². The predicted octanol–water partition coefficient (Wildman–Crippen LogP) is 1.79. The molecule has 0 N–H and O–H groups in total. The van der Waals surface area contributed by atoms with Crippen LogP contribution in [0.25, 0.3) is 0 Å². The molecule has 0 spiro atoms. The highest BCUT2D eigenvalue weighted by Gasteiger charge is 2.33. The molecule has 0 saturated carbocycles. The summed E-state index contributed by atoms with van der Waals surface area (Å²) in [5.74, 6) is 0.422. The van der Waals surface area contributed by atoms with Crippen LogP contribution < -0.4 is 9.64 Å². The number of amides is 3. The summed E-state index contributed by atoms with van der Waals surface area (Å²) in [7, 11) is 0. The minimum atomic E-state index is -0.121. The Morgan fingerprint density at radius 2 is 2.00 bits per heavy atom. The fourth-order valence-electron chi connectivity index (χ4n) is 3.62. The van der Waals surface area contributed by atoms with Crippen LogP contribution in [-0.4, -0.2) is 70.5 Å². The average molecular weight is 381 g/mol. The van der Waals surface area contributed by atoms with E-state index in [-0.39, 0.29) is 24.6 Å². The molecule has 8 heteroatoms. The lowest BCUT2D eigenvalue weighted by molar-refractivity contribution is -0.134. The number of anilines is 1. The van der Waals surface area contributed by atoms with E-state index in [0.29, 0.717) is 32.1 Å². The second kappa shape index (κ2) is 8.24. The number of ether oxygens (including phenoxy) is 1. The lowest BCUT2D eigenvalue weighted by Gasteiger charge is -2.33. The van der Waals surface area contributed by atoms with Gasteiger partial charge in [0.1, 0.15) is 12.6 Å². The first-order chi connectivity index (χ1) is 13.7. The number of carbonyl (C=O) groups excluding carboxylic acids is 2. The number of benzene rings is 1. The normalized spacial score (nSPS) is 19.8. The summed E-state index contributed by atoms with van der Waals surface area (Å²) in [6, 6.07) is 9.41. The minimum absolute atomic E-state index is 0.0456. The van der Waals surface area contributed by atoms with Crippen molar-refractivity contribution in [2.45, 2.75) is 18.9 Å². The number of hydrogen-bond acceptors (Lipinski definition) is 5. The number of rotatable bonds is 5. The molecule has 2 aliphatic heterocycles. The van der Waals surface area contributed by atoms with E-state index in [1.807, 2.05) is 30.3 Å². The summed E-state index contributed by atoms with van der Waals surface area (Å²) in [6.07, 6.45) is 6.37. The topological polar surface area (TPSA) is 78.9 Å². The second-order valence-corrected chi connectivity index (χ2v) is 6.96. The first-order valence-corrected chi connectivity index (χ1v) is 9.52. The van der Waals surface area contributed by atoms with Gasteiger partial charge in [0.05, 0.1) is 12.7 Å². The molecule has 2 aliphatic rings. The van der Waals surface area contributed by atoms with Gasteiger partial charge in [0.2, 0.25) is 11.8 Å². The third-order valence-electron chi connectivity index (χ3n) is 5.05. The van der Waals surface area contributed by atoms with Gasteiger partial charge in [0.15, 0.2) is 0 Å². The van der Waals surface area contributed by atoms with E-state index in [1.165, 1.54) is 0 Å². The number of nitrogens with zero attached hydrogens (tertiary/aromatic N) is 5. The van der Waals surface area contributed by atoms with Crippen LogP contribution >= 0.6 is 0 Å². The molecule has 28 heavy (non-hydrogen) atoms. The van der Waals surface area contributed by atoms with Crippen LogP contribution in [0, 0.1) is 0 Å². The van der Waals surface area contributed by atoms with Crippen molar-refractivity contribution in [3.05, 3.63) is 48.9 Å². The van der Waals surface area contributed by atoms with Crippen molar-refractivity contribution in [1.29, 1.82) is 0 Å². The van der Waals surface area contributed by atoms with Crippen molar-refractivity contribution < 1.29 is 14.3 Å². The molecule has 2 fully saturated rings. The lowest BCUT2D eigenvalue weighted by Crippen LogP contribution is -2.48. The largest absolute Gasteiger partial charge is 0.471 e. The van der Waals surface area contributed by atoms with Crippen molar-refractivity contribution in [2.75, 3.05) is 37.6 Å². The molecule has 0 unspecified atom stereocenters. The number of piperidine rings is 1. The van der Waals surface area contributed by atoms with E-state index in [9.17, 15) is 9.59 Å². The molecule has 8 nitrogen and oxygen atoms in total. The number of hydrogen-bond donors (Lipinski definition) is 0. The van der Waals surface area contributed by atoms with E-state index in [4.69, 9.17) is 4.74 Å². The van der Waals surface area contributed by atoms with Crippen LogP contribution in [0.2, 0.25) is 0 Å². The average Bonchev–Trinajstić information content (AvgIpc) is 3.10. The molecular formula is C20H23N5O3. The Kier molecular flexibility index (Phi) is 5.36. The Bertz CT molecular complexity index is 817. The maximum Gasteiger partial charge on any atom is 0.325 e. The van der Waals surface area contributed by atoms with Gasteiger partial charge in [-0.15, -0.1) is 0 Å². The fraction of sp³-hybridized carbons (Fsp3) is 0.400. The number of para-hydroxylation sites is 1. The summed E-state index contributed by atoms with van der Waals surface area (Å²) in [5.41, 5.74) is 0.859. The zero-order valence-electron chi connectivity index (χ0n) is 15.6. The van der Waals surface area contributed by atoms with Crippen LogP contribution in [0.5, 0.6) is 5.88 Å². The number of likely N-dealkylation sites (tertiary alicyclic amines) is 1. The molecule has 2 saturated heterocycles. The Morgan fingerprint density at radius 1 is 1.14 bits per heavy atom. The van der Waals surface area contributed by atoms with Gasteiger partial charge < -0.3 is 14.5 Å². The van der Waals surface area contributed by atoms with Gasteiger partial charge in [0, 0.05) is 37.7 Å². The zero-order valence-corrected chi connectivity index (χ0v) is 15.6. The summed E-state index contributed by atoms with van der Waals surface area (Å²) >= 11 is 0. The van der Waals surface area contributed by atoms with E-state index in [1.54, 1.807) is 33.3 Å². The van der Waals surface area contributed by atoms with Gasteiger partial charge in [-0.3, -0.25) is 14.7 Å². The molecule has 2 aromatic rings. The standard InChI is InChI=1S/C20H23N5O3/c26-19(15-24-11-12-25(20(24)27)16-5-2-1-3-6-16)23-10-4-7-17(14-23)28-18-13-21-8-9-22-18/h1-3,5-6,8-9,13,17H,4,7,10-12,14-15H2/t17-/m1/s1. The highest BCUT2D eigenvalue weighted by molar-refractivity contribution is 5.96. The molecule has 3 amide bonds. The molecule has 0 radical (unpaired) electrons. The van der Waals surface area contributed by atoms with Crippen LogP contribution in [0.15, 0.2) is 48.9 Å². The van der Waals surface area contributed by atoms with Crippen LogP contribution in [0.3, 0.4) is 0 Å². The molecule has 1 aromatic heterocycles. The molecule has 1 aromatic carbocycles. The monoisotopic (exact) mass is 381 g/mol. The molecule has 0 aliphatic carbocycles. The highest BCUT2D eigenvalue weighted by atomic mass is 16.5. The maximum absolute atomic E-state index is 12.8. The van der Waals surface area contributed by atoms with Crippen LogP contribution in [0.1, 0.15) is 12.8 Å². The Balaban J connectivity index is 1.33. The smallest absolute Gasteiger partial charge is 0.325 e. The second-order valence-electron chi connectivity index (χ2n) is 6.96. The molecule has 3 heterocycles. The minimum Gasteiger partial charge on any atom is -0.471 e. The first kappa shape index (κ1) is 18.2. The van der Waals surface area contributed by atoms with E-state index in [2.05, 4.69) is 9.97 Å². The van der Waals surface area contributed by atoms with Crippen molar-refractivity contribution in [1.82, 2.24) is 19.8 Å². The van der Waals surface area contributed by atoms with Crippen molar-refractivity contribution in [3.63, 3.8) is 0 Å². The van der Waals surface area contributed by atoms with Crippen LogP contribution in [0.4, 0.5) is 10.5 Å². The lowest BCUT2D eigenvalue weighted by atomic mass is 10.1. The number of aromatic nitrogens is 2. The van der Waals surface area contributed by atoms with Crippen molar-refractivity contribution in [2.24, 2.45) is 0 Å². The van der Waals surface area contributed by atoms with Gasteiger partial charge in [-0.25, -0.2) is 9.78 Å².